The number of alkyl halides is 3. The average molecular weight is 483 g/mol. The summed E-state index contributed by atoms with van der Waals surface area (Å²) < 4.78 is 42.6. The van der Waals surface area contributed by atoms with E-state index in [2.05, 4.69) is 30.2 Å². The molecule has 2 fully saturated rings. The molecule has 5 heterocycles. The number of hydrogen-bond acceptors (Lipinski definition) is 7. The zero-order valence-corrected chi connectivity index (χ0v) is 19.0. The topological polar surface area (TPSA) is 83.8 Å². The molecular formula is C24H25F3N8. The van der Waals surface area contributed by atoms with Gasteiger partial charge in [0.1, 0.15) is 17.5 Å². The van der Waals surface area contributed by atoms with Crippen molar-refractivity contribution in [1.29, 1.82) is 0 Å². The van der Waals surface area contributed by atoms with E-state index in [1.807, 2.05) is 18.5 Å². The van der Waals surface area contributed by atoms with Crippen molar-refractivity contribution in [2.75, 3.05) is 29.9 Å². The molecule has 6 rings (SSSR count). The Kier molecular flexibility index (Phi) is 5.43. The highest BCUT2D eigenvalue weighted by atomic mass is 19.4. The molecule has 4 aromatic heterocycles. The van der Waals surface area contributed by atoms with Crippen LogP contribution in [-0.2, 0) is 0 Å². The lowest BCUT2D eigenvalue weighted by Crippen LogP contribution is -2.58. The summed E-state index contributed by atoms with van der Waals surface area (Å²) in [4.78, 5) is 19.3. The van der Waals surface area contributed by atoms with Gasteiger partial charge in [0.15, 0.2) is 0 Å². The van der Waals surface area contributed by atoms with Gasteiger partial charge in [-0.2, -0.15) is 18.2 Å². The van der Waals surface area contributed by atoms with Gasteiger partial charge in [0.2, 0.25) is 5.95 Å². The van der Waals surface area contributed by atoms with Gasteiger partial charge in [-0.15, -0.1) is 0 Å². The first kappa shape index (κ1) is 22.0. The van der Waals surface area contributed by atoms with Gasteiger partial charge in [-0.05, 0) is 31.0 Å². The average Bonchev–Trinajstić information content (AvgIpc) is 3.50. The second-order valence-electron chi connectivity index (χ2n) is 9.11. The van der Waals surface area contributed by atoms with Crippen molar-refractivity contribution < 1.29 is 13.2 Å². The fourth-order valence-electron chi connectivity index (χ4n) is 5.31. The summed E-state index contributed by atoms with van der Waals surface area (Å²) in [7, 11) is 0. The van der Waals surface area contributed by atoms with Crippen LogP contribution in [-0.4, -0.2) is 56.4 Å². The predicted molar refractivity (Wildman–Crippen MR) is 128 cm³/mol. The molecule has 11 heteroatoms. The van der Waals surface area contributed by atoms with E-state index in [0.717, 1.165) is 34.8 Å². The number of pyridine rings is 2. The van der Waals surface area contributed by atoms with Crippen molar-refractivity contribution in [3.8, 4) is 0 Å². The lowest BCUT2D eigenvalue weighted by Gasteiger charge is -2.38. The summed E-state index contributed by atoms with van der Waals surface area (Å²) in [6, 6.07) is 4.10. The monoisotopic (exact) mass is 482 g/mol. The van der Waals surface area contributed by atoms with Gasteiger partial charge in [-0.3, -0.25) is 4.98 Å². The smallest absolute Gasteiger partial charge is 0.356 e. The van der Waals surface area contributed by atoms with Crippen molar-refractivity contribution in [1.82, 2.24) is 29.8 Å². The minimum absolute atomic E-state index is 0.137. The summed E-state index contributed by atoms with van der Waals surface area (Å²) in [5.41, 5.74) is 2.34. The molecule has 1 atom stereocenters. The van der Waals surface area contributed by atoms with Crippen LogP contribution in [0.4, 0.5) is 30.6 Å². The van der Waals surface area contributed by atoms with Crippen LogP contribution in [0.15, 0.2) is 43.0 Å². The highest BCUT2D eigenvalue weighted by molar-refractivity contribution is 6.06. The summed E-state index contributed by atoms with van der Waals surface area (Å²) in [5.74, 6) is 0.861. The Hall–Kier alpha value is -3.47. The van der Waals surface area contributed by atoms with Gasteiger partial charge >= 0.3 is 6.18 Å². The summed E-state index contributed by atoms with van der Waals surface area (Å²) in [6.07, 6.45) is 7.21. The second kappa shape index (κ2) is 8.63. The zero-order valence-electron chi connectivity index (χ0n) is 19.0. The molecule has 1 saturated heterocycles. The van der Waals surface area contributed by atoms with Crippen LogP contribution in [0.3, 0.4) is 0 Å². The predicted octanol–water partition coefficient (Wildman–Crippen LogP) is 4.57. The van der Waals surface area contributed by atoms with Gasteiger partial charge in [0, 0.05) is 48.8 Å². The van der Waals surface area contributed by atoms with Crippen LogP contribution in [0.25, 0.3) is 21.9 Å². The molecule has 0 amide bonds. The maximum Gasteiger partial charge on any atom is 0.409 e. The molecule has 1 aliphatic heterocycles. The van der Waals surface area contributed by atoms with E-state index in [9.17, 15) is 13.2 Å². The van der Waals surface area contributed by atoms with E-state index in [-0.39, 0.29) is 13.1 Å². The van der Waals surface area contributed by atoms with E-state index in [0.29, 0.717) is 30.0 Å². The molecule has 0 bridgehead atoms. The maximum atomic E-state index is 13.5. The van der Waals surface area contributed by atoms with Crippen LogP contribution in [0.5, 0.6) is 0 Å². The second-order valence-corrected chi connectivity index (χ2v) is 9.11. The van der Waals surface area contributed by atoms with E-state index >= 15 is 0 Å². The Morgan fingerprint density at radius 1 is 1.00 bits per heavy atom. The molecule has 0 spiro atoms. The van der Waals surface area contributed by atoms with E-state index in [1.54, 1.807) is 18.3 Å². The van der Waals surface area contributed by atoms with Gasteiger partial charge in [0.25, 0.3) is 0 Å². The summed E-state index contributed by atoms with van der Waals surface area (Å²) >= 11 is 0. The van der Waals surface area contributed by atoms with Crippen molar-refractivity contribution in [2.24, 2.45) is 0 Å². The Labute approximate surface area is 199 Å². The first-order valence-corrected chi connectivity index (χ1v) is 11.9. The van der Waals surface area contributed by atoms with Crippen molar-refractivity contribution in [3.63, 3.8) is 0 Å². The summed E-state index contributed by atoms with van der Waals surface area (Å²) in [5, 5.41) is 7.98. The highest BCUT2D eigenvalue weighted by Crippen LogP contribution is 2.37. The number of aromatic nitrogens is 5. The van der Waals surface area contributed by atoms with E-state index < -0.39 is 12.2 Å². The standard InChI is InChI=1S/C24H25F3N8/c25-24(26,27)20-14-29-9-10-34(20)16-5-6-21(30-11-16)32-23-31-12-18-17-7-8-28-13-19(17)35(22(18)33-23)15-3-1-2-4-15/h5-8,11-13,15,20,29H,1-4,9-10,14H2,(H,30,31,32,33). The molecule has 2 aliphatic rings. The van der Waals surface area contributed by atoms with Gasteiger partial charge < -0.3 is 20.1 Å². The molecule has 1 saturated carbocycles. The molecule has 4 aromatic rings. The molecular weight excluding hydrogens is 457 g/mol. The summed E-state index contributed by atoms with van der Waals surface area (Å²) in [6.45, 7) is 0.617. The Morgan fingerprint density at radius 2 is 1.86 bits per heavy atom. The molecule has 182 valence electrons. The lowest BCUT2D eigenvalue weighted by molar-refractivity contribution is -0.149. The quantitative estimate of drug-likeness (QED) is 0.441. The minimum atomic E-state index is -4.32. The normalized spacial score (nSPS) is 19.6. The first-order chi connectivity index (χ1) is 17.0. The Morgan fingerprint density at radius 3 is 2.63 bits per heavy atom. The molecule has 0 radical (unpaired) electrons. The third-order valence-corrected chi connectivity index (χ3v) is 6.98. The van der Waals surface area contributed by atoms with Crippen LogP contribution in [0.1, 0.15) is 31.7 Å². The number of rotatable bonds is 4. The third kappa shape index (κ3) is 4.03. The number of piperazine rings is 1. The van der Waals surface area contributed by atoms with E-state index in [1.165, 1.54) is 23.9 Å². The fraction of sp³-hybridized carbons (Fsp3) is 0.417. The van der Waals surface area contributed by atoms with Crippen LogP contribution in [0, 0.1) is 0 Å². The first-order valence-electron chi connectivity index (χ1n) is 11.9. The number of nitrogens with zero attached hydrogens (tertiary/aromatic N) is 6. The molecule has 1 aliphatic carbocycles. The van der Waals surface area contributed by atoms with Crippen LogP contribution >= 0.6 is 0 Å². The van der Waals surface area contributed by atoms with Gasteiger partial charge in [-0.25, -0.2) is 9.97 Å². The number of fused-ring (bicyclic) bond motifs is 3. The third-order valence-electron chi connectivity index (χ3n) is 6.98. The largest absolute Gasteiger partial charge is 0.409 e. The van der Waals surface area contributed by atoms with Crippen molar-refractivity contribution in [2.45, 2.75) is 43.9 Å². The van der Waals surface area contributed by atoms with E-state index in [4.69, 9.17) is 4.98 Å². The lowest BCUT2D eigenvalue weighted by atomic mass is 10.1. The maximum absolute atomic E-state index is 13.5. The van der Waals surface area contributed by atoms with Gasteiger partial charge in [0.05, 0.1) is 23.6 Å². The van der Waals surface area contributed by atoms with Crippen molar-refractivity contribution in [3.05, 3.63) is 43.0 Å². The molecule has 2 N–H and O–H groups in total. The highest BCUT2D eigenvalue weighted by Gasteiger charge is 2.44. The SMILES string of the molecule is FC(F)(F)C1CNCCN1c1ccc(Nc2ncc3c4ccncc4n(C4CCCC4)c3n2)nc1. The Balaban J connectivity index is 1.30. The number of anilines is 3. The number of halogens is 3. The number of hydrogen-bond donors (Lipinski definition) is 2. The minimum Gasteiger partial charge on any atom is -0.356 e. The van der Waals surface area contributed by atoms with Crippen LogP contribution < -0.4 is 15.5 Å². The molecule has 1 unspecified atom stereocenters. The Bertz CT molecular complexity index is 1340. The zero-order chi connectivity index (χ0) is 24.0. The van der Waals surface area contributed by atoms with Crippen molar-refractivity contribution >= 4 is 39.4 Å². The molecule has 35 heavy (non-hydrogen) atoms. The van der Waals surface area contributed by atoms with Crippen LogP contribution in [0.2, 0.25) is 0 Å². The molecule has 0 aromatic carbocycles. The fourth-order valence-corrected chi connectivity index (χ4v) is 5.31. The number of nitrogens with one attached hydrogen (secondary N) is 2. The van der Waals surface area contributed by atoms with Gasteiger partial charge in [-0.1, -0.05) is 12.8 Å². The molecule has 8 nitrogen and oxygen atoms in total.